The fourth-order valence-electron chi connectivity index (χ4n) is 4.95. The van der Waals surface area contributed by atoms with Crippen LogP contribution in [0.2, 0.25) is 0 Å². The van der Waals surface area contributed by atoms with E-state index in [0.717, 1.165) is 43.2 Å². The van der Waals surface area contributed by atoms with Crippen molar-refractivity contribution in [1.29, 1.82) is 0 Å². The van der Waals surface area contributed by atoms with Crippen LogP contribution >= 0.6 is 0 Å². The third-order valence-corrected chi connectivity index (χ3v) is 7.12. The molecule has 2 aliphatic rings. The molecule has 1 aliphatic heterocycles. The minimum absolute atomic E-state index is 0.0652. The number of hydrogen-bond acceptors (Lipinski definition) is 5. The first-order valence-electron chi connectivity index (χ1n) is 12.9. The number of likely N-dealkylation sites (tertiary alicyclic amines) is 1. The van der Waals surface area contributed by atoms with E-state index in [0.29, 0.717) is 36.9 Å². The SMILES string of the molecule is O=C(NCCC1=CCCCC1)c1ccc(-c2noc(C3CCN(C(=O)c4ccccc4)CC3)n2)cc1. The molecule has 0 saturated carbocycles. The van der Waals surface area contributed by atoms with E-state index in [2.05, 4.69) is 21.5 Å². The van der Waals surface area contributed by atoms with Crippen molar-refractivity contribution in [2.75, 3.05) is 19.6 Å². The number of hydrogen-bond donors (Lipinski definition) is 1. The van der Waals surface area contributed by atoms with E-state index in [9.17, 15) is 9.59 Å². The van der Waals surface area contributed by atoms with Gasteiger partial charge in [-0.2, -0.15) is 4.98 Å². The summed E-state index contributed by atoms with van der Waals surface area (Å²) in [6.07, 6.45) is 9.67. The second kappa shape index (κ2) is 11.3. The number of benzene rings is 2. The molecule has 2 amide bonds. The summed E-state index contributed by atoms with van der Waals surface area (Å²) in [7, 11) is 0. The molecular formula is C29H32N4O3. The Morgan fingerprint density at radius 3 is 2.47 bits per heavy atom. The number of piperidine rings is 1. The molecular weight excluding hydrogens is 452 g/mol. The molecule has 1 aliphatic carbocycles. The van der Waals surface area contributed by atoms with Gasteiger partial charge in [0.05, 0.1) is 0 Å². The van der Waals surface area contributed by atoms with Gasteiger partial charge in [-0.15, -0.1) is 0 Å². The zero-order valence-corrected chi connectivity index (χ0v) is 20.5. The van der Waals surface area contributed by atoms with E-state index in [1.165, 1.54) is 18.4 Å². The van der Waals surface area contributed by atoms with Gasteiger partial charge in [-0.25, -0.2) is 0 Å². The molecule has 7 heteroatoms. The Balaban J connectivity index is 1.13. The van der Waals surface area contributed by atoms with Crippen molar-refractivity contribution in [3.8, 4) is 11.4 Å². The topological polar surface area (TPSA) is 88.3 Å². The van der Waals surface area contributed by atoms with Gasteiger partial charge >= 0.3 is 0 Å². The molecule has 0 atom stereocenters. The Bertz CT molecular complexity index is 1210. The molecule has 7 nitrogen and oxygen atoms in total. The van der Waals surface area contributed by atoms with Gasteiger partial charge in [-0.1, -0.05) is 47.1 Å². The maximum atomic E-state index is 12.7. The minimum atomic E-state index is -0.0661. The molecule has 186 valence electrons. The third kappa shape index (κ3) is 5.73. The largest absolute Gasteiger partial charge is 0.352 e. The maximum absolute atomic E-state index is 12.7. The molecule has 5 rings (SSSR count). The summed E-state index contributed by atoms with van der Waals surface area (Å²) in [6.45, 7) is 1.99. The van der Waals surface area contributed by atoms with Gasteiger partial charge in [-0.3, -0.25) is 9.59 Å². The van der Waals surface area contributed by atoms with Gasteiger partial charge in [0.15, 0.2) is 0 Å². The molecule has 1 fully saturated rings. The highest BCUT2D eigenvalue weighted by molar-refractivity contribution is 5.95. The molecule has 0 spiro atoms. The highest BCUT2D eigenvalue weighted by Gasteiger charge is 2.28. The lowest BCUT2D eigenvalue weighted by Gasteiger charge is -2.30. The summed E-state index contributed by atoms with van der Waals surface area (Å²) < 4.78 is 5.58. The lowest BCUT2D eigenvalue weighted by Crippen LogP contribution is -2.37. The van der Waals surface area contributed by atoms with Gasteiger partial charge in [0.25, 0.3) is 11.8 Å². The average Bonchev–Trinajstić information content (AvgIpc) is 3.44. The molecule has 3 aromatic rings. The second-order valence-electron chi connectivity index (χ2n) is 9.58. The smallest absolute Gasteiger partial charge is 0.253 e. The summed E-state index contributed by atoms with van der Waals surface area (Å²) >= 11 is 0. The van der Waals surface area contributed by atoms with Crippen LogP contribution in [0.5, 0.6) is 0 Å². The average molecular weight is 485 g/mol. The monoisotopic (exact) mass is 484 g/mol. The van der Waals surface area contributed by atoms with Crippen LogP contribution in [0.25, 0.3) is 11.4 Å². The van der Waals surface area contributed by atoms with Crippen LogP contribution in [0, 0.1) is 0 Å². The standard InChI is InChI=1S/C29H32N4O3/c34-27(30-18-15-21-7-3-1-4-8-21)23-13-11-22(12-14-23)26-31-28(36-32-26)24-16-19-33(20-17-24)29(35)25-9-5-2-6-10-25/h2,5-7,9-14,24H,1,3-4,8,15-20H2,(H,30,34). The number of nitrogens with one attached hydrogen (secondary N) is 1. The predicted octanol–water partition coefficient (Wildman–Crippen LogP) is 5.38. The van der Waals surface area contributed by atoms with Crippen molar-refractivity contribution in [3.05, 3.63) is 83.3 Å². The number of carbonyl (C=O) groups is 2. The fourth-order valence-corrected chi connectivity index (χ4v) is 4.95. The number of aromatic nitrogens is 2. The summed E-state index contributed by atoms with van der Waals surface area (Å²) in [5, 5.41) is 7.18. The van der Waals surface area contributed by atoms with Crippen LogP contribution in [0.4, 0.5) is 0 Å². The van der Waals surface area contributed by atoms with Crippen LogP contribution in [0.15, 0.2) is 70.8 Å². The minimum Gasteiger partial charge on any atom is -0.352 e. The number of carbonyl (C=O) groups excluding carboxylic acids is 2. The van der Waals surface area contributed by atoms with Gasteiger partial charge in [0, 0.05) is 42.2 Å². The molecule has 1 N–H and O–H groups in total. The van der Waals surface area contributed by atoms with E-state index in [1.807, 2.05) is 47.4 Å². The molecule has 36 heavy (non-hydrogen) atoms. The first kappa shape index (κ1) is 24.0. The Morgan fingerprint density at radius 1 is 0.972 bits per heavy atom. The Hall–Kier alpha value is -3.74. The van der Waals surface area contributed by atoms with Crippen molar-refractivity contribution in [3.63, 3.8) is 0 Å². The van der Waals surface area contributed by atoms with E-state index >= 15 is 0 Å². The summed E-state index contributed by atoms with van der Waals surface area (Å²) in [6, 6.07) is 16.7. The highest BCUT2D eigenvalue weighted by Crippen LogP contribution is 2.29. The van der Waals surface area contributed by atoms with E-state index in [1.54, 1.807) is 12.1 Å². The number of rotatable bonds is 7. The number of amides is 2. The van der Waals surface area contributed by atoms with Crippen LogP contribution < -0.4 is 5.32 Å². The molecule has 0 bridgehead atoms. The lowest BCUT2D eigenvalue weighted by molar-refractivity contribution is 0.0704. The van der Waals surface area contributed by atoms with Gasteiger partial charge in [0.2, 0.25) is 11.7 Å². The molecule has 1 saturated heterocycles. The van der Waals surface area contributed by atoms with Gasteiger partial charge in [-0.05, 0) is 69.2 Å². The fraction of sp³-hybridized carbons (Fsp3) is 0.379. The molecule has 0 radical (unpaired) electrons. The van der Waals surface area contributed by atoms with E-state index in [-0.39, 0.29) is 17.7 Å². The van der Waals surface area contributed by atoms with E-state index < -0.39 is 0 Å². The van der Waals surface area contributed by atoms with Crippen molar-refractivity contribution in [2.45, 2.75) is 50.9 Å². The van der Waals surface area contributed by atoms with Crippen molar-refractivity contribution < 1.29 is 14.1 Å². The third-order valence-electron chi connectivity index (χ3n) is 7.12. The van der Waals surface area contributed by atoms with E-state index in [4.69, 9.17) is 4.52 Å². The molecule has 1 aromatic heterocycles. The summed E-state index contributed by atoms with van der Waals surface area (Å²) in [5.41, 5.74) is 3.61. The van der Waals surface area contributed by atoms with Crippen LogP contribution in [0.3, 0.4) is 0 Å². The zero-order valence-electron chi connectivity index (χ0n) is 20.5. The number of allylic oxidation sites excluding steroid dienone is 1. The summed E-state index contributed by atoms with van der Waals surface area (Å²) in [4.78, 5) is 31.7. The van der Waals surface area contributed by atoms with Crippen LogP contribution in [-0.2, 0) is 0 Å². The maximum Gasteiger partial charge on any atom is 0.253 e. The molecule has 0 unspecified atom stereocenters. The second-order valence-corrected chi connectivity index (χ2v) is 9.58. The molecule has 2 heterocycles. The molecule has 2 aromatic carbocycles. The van der Waals surface area contributed by atoms with Crippen LogP contribution in [0.1, 0.15) is 77.5 Å². The lowest BCUT2D eigenvalue weighted by atomic mass is 9.96. The Morgan fingerprint density at radius 2 is 1.75 bits per heavy atom. The van der Waals surface area contributed by atoms with Crippen molar-refractivity contribution in [2.24, 2.45) is 0 Å². The highest BCUT2D eigenvalue weighted by atomic mass is 16.5. The predicted molar refractivity (Wildman–Crippen MR) is 138 cm³/mol. The first-order chi connectivity index (χ1) is 17.7. The summed E-state index contributed by atoms with van der Waals surface area (Å²) in [5.74, 6) is 1.26. The Kier molecular flexibility index (Phi) is 7.55. The van der Waals surface area contributed by atoms with Gasteiger partial charge in [0.1, 0.15) is 0 Å². The van der Waals surface area contributed by atoms with Crippen molar-refractivity contribution in [1.82, 2.24) is 20.4 Å². The van der Waals surface area contributed by atoms with Crippen molar-refractivity contribution >= 4 is 11.8 Å². The Labute approximate surface area is 211 Å². The zero-order chi connectivity index (χ0) is 24.7. The first-order valence-corrected chi connectivity index (χ1v) is 12.9. The quantitative estimate of drug-likeness (QED) is 0.455. The van der Waals surface area contributed by atoms with Gasteiger partial charge < -0.3 is 14.7 Å². The number of nitrogens with zero attached hydrogens (tertiary/aromatic N) is 3. The van der Waals surface area contributed by atoms with Crippen LogP contribution in [-0.4, -0.2) is 46.5 Å². The normalized spacial score (nSPS) is 16.4.